The highest BCUT2D eigenvalue weighted by atomic mass is 127. The van der Waals surface area contributed by atoms with Gasteiger partial charge in [0, 0.05) is 52.0 Å². The monoisotopic (exact) mass is 519 g/mol. The number of nitrogens with zero attached hydrogens (tertiary/aromatic N) is 2. The van der Waals surface area contributed by atoms with Crippen LogP contribution in [-0.2, 0) is 11.3 Å². The second kappa shape index (κ2) is 17.5. The second-order valence-corrected chi connectivity index (χ2v) is 6.93. The van der Waals surface area contributed by atoms with Crippen molar-refractivity contribution < 1.29 is 9.53 Å². The lowest BCUT2D eigenvalue weighted by atomic mass is 10.1. The van der Waals surface area contributed by atoms with Gasteiger partial charge in [0.05, 0.1) is 0 Å². The number of unbranched alkanes of at least 4 members (excludes halogenated alkanes) is 1. The smallest absolute Gasteiger partial charge is 0.251 e. The van der Waals surface area contributed by atoms with Crippen LogP contribution in [0.3, 0.4) is 0 Å². The fourth-order valence-corrected chi connectivity index (χ4v) is 2.45. The molecule has 1 aromatic carbocycles. The van der Waals surface area contributed by atoms with Crippen LogP contribution in [0.4, 0.5) is 0 Å². The molecule has 0 spiro atoms. The molecule has 7 nitrogen and oxygen atoms in total. The van der Waals surface area contributed by atoms with Gasteiger partial charge in [-0.25, -0.2) is 0 Å². The number of rotatable bonds is 13. The van der Waals surface area contributed by atoms with E-state index in [2.05, 4.69) is 27.9 Å². The van der Waals surface area contributed by atoms with Gasteiger partial charge in [0.2, 0.25) is 0 Å². The van der Waals surface area contributed by atoms with Crippen molar-refractivity contribution >= 4 is 35.8 Å². The van der Waals surface area contributed by atoms with Gasteiger partial charge in [-0.15, -0.1) is 24.0 Å². The zero-order chi connectivity index (χ0) is 20.6. The number of benzene rings is 1. The molecule has 0 unspecified atom stereocenters. The summed E-state index contributed by atoms with van der Waals surface area (Å²) in [5.74, 6) is 0.698. The zero-order valence-corrected chi connectivity index (χ0v) is 20.6. The molecule has 0 bridgehead atoms. The van der Waals surface area contributed by atoms with E-state index in [4.69, 9.17) is 4.74 Å². The lowest BCUT2D eigenvalue weighted by Crippen LogP contribution is -2.37. The van der Waals surface area contributed by atoms with Crippen molar-refractivity contribution in [3.05, 3.63) is 35.4 Å². The fraction of sp³-hybridized carbons (Fsp3) is 0.619. The van der Waals surface area contributed by atoms with E-state index in [1.54, 1.807) is 7.05 Å². The topological polar surface area (TPSA) is 78.0 Å². The van der Waals surface area contributed by atoms with E-state index in [1.807, 2.05) is 43.3 Å². The van der Waals surface area contributed by atoms with Crippen molar-refractivity contribution in [2.24, 2.45) is 4.99 Å². The van der Waals surface area contributed by atoms with Crippen molar-refractivity contribution in [3.63, 3.8) is 0 Å². The van der Waals surface area contributed by atoms with E-state index in [-0.39, 0.29) is 29.9 Å². The number of likely N-dealkylation sites (N-methyl/N-ethyl adjacent to an activating group) is 1. The number of aliphatic imine (C=N–C) groups is 1. The van der Waals surface area contributed by atoms with Gasteiger partial charge >= 0.3 is 0 Å². The first kappa shape index (κ1) is 27.6. The number of ether oxygens (including phenoxy) is 1. The first-order valence-electron chi connectivity index (χ1n) is 10.1. The summed E-state index contributed by atoms with van der Waals surface area (Å²) in [4.78, 5) is 18.5. The average molecular weight is 519 g/mol. The molecule has 0 heterocycles. The number of guanidine groups is 1. The number of carbonyl (C=O) groups excluding carboxylic acids is 1. The Labute approximate surface area is 193 Å². The summed E-state index contributed by atoms with van der Waals surface area (Å²) in [5.41, 5.74) is 1.70. The fourth-order valence-electron chi connectivity index (χ4n) is 2.45. The van der Waals surface area contributed by atoms with E-state index in [0.717, 1.165) is 57.1 Å². The lowest BCUT2D eigenvalue weighted by molar-refractivity contribution is 0.0951. The summed E-state index contributed by atoms with van der Waals surface area (Å²) in [6.07, 6.45) is 3.21. The molecular weight excluding hydrogens is 481 g/mol. The third-order valence-corrected chi connectivity index (χ3v) is 4.12. The molecule has 0 saturated heterocycles. The van der Waals surface area contributed by atoms with Crippen molar-refractivity contribution in [1.82, 2.24) is 20.9 Å². The number of hydrogen-bond acceptors (Lipinski definition) is 4. The van der Waals surface area contributed by atoms with Gasteiger partial charge in [0.15, 0.2) is 5.96 Å². The van der Waals surface area contributed by atoms with Crippen LogP contribution in [0.5, 0.6) is 0 Å². The normalized spacial score (nSPS) is 11.1. The number of amides is 1. The largest absolute Gasteiger partial charge is 0.381 e. The Morgan fingerprint density at radius 2 is 1.86 bits per heavy atom. The van der Waals surface area contributed by atoms with Gasteiger partial charge in [-0.3, -0.25) is 9.79 Å². The lowest BCUT2D eigenvalue weighted by Gasteiger charge is -2.13. The molecule has 0 aromatic heterocycles. The molecule has 0 fully saturated rings. The molecule has 29 heavy (non-hydrogen) atoms. The highest BCUT2D eigenvalue weighted by Crippen LogP contribution is 2.05. The minimum atomic E-state index is -0.0470. The van der Waals surface area contributed by atoms with Crippen LogP contribution in [0.15, 0.2) is 29.3 Å². The summed E-state index contributed by atoms with van der Waals surface area (Å²) in [5, 5.41) is 9.50. The van der Waals surface area contributed by atoms with Crippen molar-refractivity contribution in [3.8, 4) is 0 Å². The minimum Gasteiger partial charge on any atom is -0.381 e. The molecular formula is C21H38IN5O2. The molecule has 1 amide bonds. The van der Waals surface area contributed by atoms with E-state index in [0.29, 0.717) is 18.7 Å². The summed E-state index contributed by atoms with van der Waals surface area (Å²) < 4.78 is 5.55. The Balaban J connectivity index is 0.00000784. The maximum Gasteiger partial charge on any atom is 0.251 e. The van der Waals surface area contributed by atoms with Crippen LogP contribution in [0.25, 0.3) is 0 Å². The van der Waals surface area contributed by atoms with Crippen LogP contribution in [0, 0.1) is 0 Å². The van der Waals surface area contributed by atoms with Gasteiger partial charge in [0.1, 0.15) is 0 Å². The van der Waals surface area contributed by atoms with Crippen molar-refractivity contribution in [1.29, 1.82) is 0 Å². The van der Waals surface area contributed by atoms with E-state index >= 15 is 0 Å². The van der Waals surface area contributed by atoms with E-state index < -0.39 is 0 Å². The van der Waals surface area contributed by atoms with Gasteiger partial charge < -0.3 is 25.6 Å². The third kappa shape index (κ3) is 13.5. The van der Waals surface area contributed by atoms with Gasteiger partial charge in [0.25, 0.3) is 5.91 Å². The third-order valence-electron chi connectivity index (χ3n) is 4.12. The molecule has 166 valence electrons. The number of halogens is 1. The van der Waals surface area contributed by atoms with Crippen LogP contribution < -0.4 is 16.0 Å². The molecule has 0 aliphatic carbocycles. The molecule has 0 aliphatic rings. The Hall–Kier alpha value is -1.39. The standard InChI is InChI=1S/C21H37N5O2.HI/c1-5-6-14-28-15-8-11-24-21(22-2)25-17-18-9-7-10-19(16-18)20(27)23-12-13-26(3)4;/h7,9-10,16H,5-6,8,11-15,17H2,1-4H3,(H,23,27)(H2,22,24,25);1H. The molecule has 0 saturated carbocycles. The molecule has 8 heteroatoms. The molecule has 3 N–H and O–H groups in total. The zero-order valence-electron chi connectivity index (χ0n) is 18.3. The minimum absolute atomic E-state index is 0. The van der Waals surface area contributed by atoms with Gasteiger partial charge in [-0.2, -0.15) is 0 Å². The summed E-state index contributed by atoms with van der Waals surface area (Å²) in [6.45, 7) is 6.61. The molecule has 1 aromatic rings. The maximum atomic E-state index is 12.2. The van der Waals surface area contributed by atoms with E-state index in [1.165, 1.54) is 0 Å². The Kier molecular flexibility index (Phi) is 16.6. The van der Waals surface area contributed by atoms with Crippen molar-refractivity contribution in [2.75, 3.05) is 54.0 Å². The number of carbonyl (C=O) groups is 1. The Morgan fingerprint density at radius 1 is 1.10 bits per heavy atom. The van der Waals surface area contributed by atoms with Gasteiger partial charge in [-0.1, -0.05) is 25.5 Å². The summed E-state index contributed by atoms with van der Waals surface area (Å²) >= 11 is 0. The van der Waals surface area contributed by atoms with E-state index in [9.17, 15) is 4.79 Å². The second-order valence-electron chi connectivity index (χ2n) is 6.93. The molecule has 0 radical (unpaired) electrons. The predicted octanol–water partition coefficient (Wildman–Crippen LogP) is 2.47. The van der Waals surface area contributed by atoms with Crippen LogP contribution in [-0.4, -0.2) is 70.8 Å². The number of hydrogen-bond donors (Lipinski definition) is 3. The Morgan fingerprint density at radius 3 is 2.55 bits per heavy atom. The number of nitrogens with one attached hydrogen (secondary N) is 3. The highest BCUT2D eigenvalue weighted by molar-refractivity contribution is 14.0. The predicted molar refractivity (Wildman–Crippen MR) is 131 cm³/mol. The van der Waals surface area contributed by atoms with Crippen LogP contribution in [0.1, 0.15) is 42.1 Å². The van der Waals surface area contributed by atoms with Crippen molar-refractivity contribution in [2.45, 2.75) is 32.7 Å². The molecule has 0 aliphatic heterocycles. The van der Waals surface area contributed by atoms with Gasteiger partial charge in [-0.05, 0) is 44.6 Å². The molecule has 1 rings (SSSR count). The first-order chi connectivity index (χ1) is 13.6. The first-order valence-corrected chi connectivity index (χ1v) is 10.1. The summed E-state index contributed by atoms with van der Waals surface area (Å²) in [7, 11) is 5.72. The quantitative estimate of drug-likeness (QED) is 0.162. The average Bonchev–Trinajstić information content (AvgIpc) is 2.69. The molecule has 0 atom stereocenters. The van der Waals surface area contributed by atoms with Crippen LogP contribution in [0.2, 0.25) is 0 Å². The maximum absolute atomic E-state index is 12.2. The highest BCUT2D eigenvalue weighted by Gasteiger charge is 2.06. The SMILES string of the molecule is CCCCOCCCNC(=NC)NCc1cccc(C(=O)NCCN(C)C)c1.I. The summed E-state index contributed by atoms with van der Waals surface area (Å²) in [6, 6.07) is 7.65. The Bertz CT molecular complexity index is 596. The van der Waals surface area contributed by atoms with Crippen LogP contribution >= 0.6 is 24.0 Å².